The second kappa shape index (κ2) is 8.13. The quantitative estimate of drug-likeness (QED) is 0.531. The van der Waals surface area contributed by atoms with Gasteiger partial charge in [-0.3, -0.25) is 9.69 Å². The van der Waals surface area contributed by atoms with Gasteiger partial charge < -0.3 is 4.90 Å². The second-order valence-electron chi connectivity index (χ2n) is 8.70. The van der Waals surface area contributed by atoms with Crippen LogP contribution in [0, 0.1) is 5.41 Å². The maximum Gasteiger partial charge on any atom is 0.417 e. The molecular weight excluding hydrogens is 461 g/mol. The van der Waals surface area contributed by atoms with Gasteiger partial charge in [-0.25, -0.2) is 28.4 Å². The Morgan fingerprint density at radius 2 is 1.82 bits per heavy atom. The van der Waals surface area contributed by atoms with Crippen molar-refractivity contribution in [3.8, 4) is 0 Å². The smallest absolute Gasteiger partial charge is 0.355 e. The van der Waals surface area contributed by atoms with Gasteiger partial charge in [-0.1, -0.05) is 0 Å². The van der Waals surface area contributed by atoms with E-state index in [1.807, 2.05) is 4.90 Å². The van der Waals surface area contributed by atoms with Crippen molar-refractivity contribution >= 4 is 28.7 Å². The zero-order valence-electron chi connectivity index (χ0n) is 17.8. The predicted octanol–water partition coefficient (Wildman–Crippen LogP) is 3.53. The molecule has 2 aliphatic heterocycles. The average molecular weight is 481 g/mol. The van der Waals surface area contributed by atoms with Crippen LogP contribution in [0.5, 0.6) is 0 Å². The van der Waals surface area contributed by atoms with Gasteiger partial charge in [-0.2, -0.15) is 18.3 Å². The van der Waals surface area contributed by atoms with Crippen LogP contribution in [0.4, 0.5) is 33.6 Å². The fourth-order valence-corrected chi connectivity index (χ4v) is 4.67. The second-order valence-corrected chi connectivity index (χ2v) is 8.70. The van der Waals surface area contributed by atoms with Gasteiger partial charge in [-0.05, 0) is 25.0 Å². The fourth-order valence-electron chi connectivity index (χ4n) is 4.67. The van der Waals surface area contributed by atoms with E-state index in [4.69, 9.17) is 0 Å². The van der Waals surface area contributed by atoms with Crippen molar-refractivity contribution in [1.82, 2.24) is 24.7 Å². The molecule has 3 aromatic heterocycles. The van der Waals surface area contributed by atoms with Gasteiger partial charge >= 0.3 is 6.18 Å². The molecule has 3 aromatic rings. The van der Waals surface area contributed by atoms with Crippen molar-refractivity contribution in [1.29, 1.82) is 0 Å². The molecule has 2 saturated heterocycles. The molecule has 0 N–H and O–H groups in total. The summed E-state index contributed by atoms with van der Waals surface area (Å²) in [5.74, 6) is 0.530. The first-order valence-corrected chi connectivity index (χ1v) is 10.7. The Hall–Kier alpha value is -3.38. The number of rotatable bonds is 4. The third-order valence-electron chi connectivity index (χ3n) is 6.45. The molecule has 13 heteroatoms. The molecule has 34 heavy (non-hydrogen) atoms. The van der Waals surface area contributed by atoms with E-state index < -0.39 is 24.7 Å². The highest BCUT2D eigenvalue weighted by molar-refractivity contribution is 5.93. The topological polar surface area (TPSA) is 80.0 Å². The molecular formula is C21H20F5N7O. The molecule has 0 aliphatic carbocycles. The highest BCUT2D eigenvalue weighted by atomic mass is 19.4. The molecule has 0 saturated carbocycles. The number of carbonyl (C=O) groups is 1. The number of amides is 1. The van der Waals surface area contributed by atoms with Gasteiger partial charge in [0.2, 0.25) is 5.91 Å². The summed E-state index contributed by atoms with van der Waals surface area (Å²) in [4.78, 5) is 28.9. The molecule has 2 aliphatic rings. The first kappa shape index (κ1) is 22.4. The summed E-state index contributed by atoms with van der Waals surface area (Å²) in [6, 6.07) is 2.14. The fraction of sp³-hybridized carbons (Fsp3) is 0.476. The lowest BCUT2D eigenvalue weighted by Gasteiger charge is -2.38. The van der Waals surface area contributed by atoms with Crippen LogP contribution in [0.15, 0.2) is 30.7 Å². The summed E-state index contributed by atoms with van der Waals surface area (Å²) in [6.07, 6.45) is -1.76. The molecule has 1 unspecified atom stereocenters. The number of hydrogen-bond donors (Lipinski definition) is 0. The average Bonchev–Trinajstić information content (AvgIpc) is 3.37. The van der Waals surface area contributed by atoms with Crippen LogP contribution < -0.4 is 9.80 Å². The summed E-state index contributed by atoms with van der Waals surface area (Å²) in [5, 5.41) is 3.93. The van der Waals surface area contributed by atoms with Crippen LogP contribution in [0.1, 0.15) is 24.8 Å². The van der Waals surface area contributed by atoms with Crippen molar-refractivity contribution in [2.75, 3.05) is 29.4 Å². The molecule has 1 atom stereocenters. The molecule has 8 nitrogen and oxygen atoms in total. The van der Waals surface area contributed by atoms with Crippen molar-refractivity contribution in [3.05, 3.63) is 36.3 Å². The lowest BCUT2D eigenvalue weighted by atomic mass is 9.77. The van der Waals surface area contributed by atoms with Gasteiger partial charge in [0.15, 0.2) is 5.65 Å². The monoisotopic (exact) mass is 481 g/mol. The highest BCUT2D eigenvalue weighted by Gasteiger charge is 2.45. The summed E-state index contributed by atoms with van der Waals surface area (Å²) in [5.41, 5.74) is -0.472. The number of piperidine rings is 1. The Morgan fingerprint density at radius 1 is 1.03 bits per heavy atom. The van der Waals surface area contributed by atoms with E-state index in [1.54, 1.807) is 6.20 Å². The lowest BCUT2D eigenvalue weighted by Crippen LogP contribution is -2.46. The standard InChI is InChI=1S/C21H20F5N7O/c22-15(23)11-33-19-14(9-29-33)27-10-17(30-19)31-5-3-20(12-31)4-6-32(18(34)7-20)16-2-1-13(8-28-16)21(24,25)26/h1-2,8-10,15H,3-7,11-12H2. The number of aromatic nitrogens is 5. The van der Waals surface area contributed by atoms with Crippen LogP contribution in [-0.4, -0.2) is 56.7 Å². The molecule has 5 rings (SSSR count). The van der Waals surface area contributed by atoms with Crippen LogP contribution in [0.3, 0.4) is 0 Å². The molecule has 0 bridgehead atoms. The third-order valence-corrected chi connectivity index (χ3v) is 6.45. The number of hydrogen-bond acceptors (Lipinski definition) is 6. The maximum absolute atomic E-state index is 12.9. The summed E-state index contributed by atoms with van der Waals surface area (Å²) in [7, 11) is 0. The minimum Gasteiger partial charge on any atom is -0.355 e. The van der Waals surface area contributed by atoms with E-state index in [0.717, 1.165) is 23.4 Å². The number of nitrogens with zero attached hydrogens (tertiary/aromatic N) is 7. The van der Waals surface area contributed by atoms with Gasteiger partial charge in [0.05, 0.1) is 18.0 Å². The van der Waals surface area contributed by atoms with E-state index >= 15 is 0 Å². The maximum atomic E-state index is 12.9. The molecule has 1 spiro atoms. The van der Waals surface area contributed by atoms with Gasteiger partial charge in [0.25, 0.3) is 6.43 Å². The number of halogens is 5. The van der Waals surface area contributed by atoms with E-state index in [2.05, 4.69) is 20.1 Å². The summed E-state index contributed by atoms with van der Waals surface area (Å²) >= 11 is 0. The molecule has 180 valence electrons. The van der Waals surface area contributed by atoms with Gasteiger partial charge in [0.1, 0.15) is 23.7 Å². The number of anilines is 2. The Bertz CT molecular complexity index is 1210. The number of carbonyl (C=O) groups excluding carboxylic acids is 1. The van der Waals surface area contributed by atoms with Crippen molar-refractivity contribution < 1.29 is 26.7 Å². The number of pyridine rings is 1. The zero-order chi connectivity index (χ0) is 24.1. The SMILES string of the molecule is O=C1CC2(CCN(c3cnc4cnn(CC(F)F)c4n3)C2)CCN1c1ccc(C(F)(F)F)cn1. The van der Waals surface area contributed by atoms with Crippen molar-refractivity contribution in [2.45, 2.75) is 38.4 Å². The zero-order valence-corrected chi connectivity index (χ0v) is 17.8. The first-order valence-electron chi connectivity index (χ1n) is 10.7. The van der Waals surface area contributed by atoms with Crippen LogP contribution >= 0.6 is 0 Å². The Morgan fingerprint density at radius 3 is 2.50 bits per heavy atom. The predicted molar refractivity (Wildman–Crippen MR) is 111 cm³/mol. The van der Waals surface area contributed by atoms with Crippen LogP contribution in [-0.2, 0) is 17.5 Å². The van der Waals surface area contributed by atoms with Crippen molar-refractivity contribution in [3.63, 3.8) is 0 Å². The third kappa shape index (κ3) is 4.14. The van der Waals surface area contributed by atoms with E-state index in [9.17, 15) is 26.7 Å². The van der Waals surface area contributed by atoms with Crippen LogP contribution in [0.25, 0.3) is 11.2 Å². The highest BCUT2D eigenvalue weighted by Crippen LogP contribution is 2.43. The number of fused-ring (bicyclic) bond motifs is 1. The van der Waals surface area contributed by atoms with Gasteiger partial charge in [0, 0.05) is 37.7 Å². The Balaban J connectivity index is 1.29. The van der Waals surface area contributed by atoms with Crippen molar-refractivity contribution in [2.24, 2.45) is 5.41 Å². The first-order chi connectivity index (χ1) is 16.1. The Labute approximate surface area is 190 Å². The largest absolute Gasteiger partial charge is 0.417 e. The van der Waals surface area contributed by atoms with E-state index in [-0.39, 0.29) is 29.2 Å². The van der Waals surface area contributed by atoms with E-state index in [1.165, 1.54) is 17.2 Å². The van der Waals surface area contributed by atoms with Gasteiger partial charge in [-0.15, -0.1) is 0 Å². The molecule has 5 heterocycles. The number of alkyl halides is 5. The molecule has 0 radical (unpaired) electrons. The molecule has 0 aromatic carbocycles. The van der Waals surface area contributed by atoms with E-state index in [0.29, 0.717) is 37.4 Å². The molecule has 2 fully saturated rings. The minimum atomic E-state index is -4.49. The van der Waals surface area contributed by atoms with Crippen LogP contribution in [0.2, 0.25) is 0 Å². The lowest BCUT2D eigenvalue weighted by molar-refractivity contribution is -0.137. The molecule has 1 amide bonds. The minimum absolute atomic E-state index is 0.197. The Kier molecular flexibility index (Phi) is 5.36. The normalized spacial score (nSPS) is 21.4. The summed E-state index contributed by atoms with van der Waals surface area (Å²) < 4.78 is 65.1. The summed E-state index contributed by atoms with van der Waals surface area (Å²) in [6.45, 7) is 0.927.